The SMILES string of the molecule is CCCCOc1ccccc1-c1cc(C(N)=O)nc(N)n1. The van der Waals surface area contributed by atoms with Gasteiger partial charge in [-0.2, -0.15) is 0 Å². The van der Waals surface area contributed by atoms with Crippen molar-refractivity contribution in [3.63, 3.8) is 0 Å². The lowest BCUT2D eigenvalue weighted by Crippen LogP contribution is -2.15. The summed E-state index contributed by atoms with van der Waals surface area (Å²) in [6, 6.07) is 8.97. The van der Waals surface area contributed by atoms with E-state index in [1.165, 1.54) is 6.07 Å². The van der Waals surface area contributed by atoms with Crippen LogP contribution in [0.15, 0.2) is 30.3 Å². The van der Waals surface area contributed by atoms with Gasteiger partial charge in [-0.25, -0.2) is 9.97 Å². The van der Waals surface area contributed by atoms with E-state index in [0.29, 0.717) is 18.1 Å². The third kappa shape index (κ3) is 3.68. The van der Waals surface area contributed by atoms with E-state index in [9.17, 15) is 4.79 Å². The van der Waals surface area contributed by atoms with Gasteiger partial charge in [0, 0.05) is 5.56 Å². The molecule has 0 aliphatic rings. The van der Waals surface area contributed by atoms with E-state index in [4.69, 9.17) is 16.2 Å². The second-order valence-electron chi connectivity index (χ2n) is 4.56. The number of hydrogen-bond donors (Lipinski definition) is 2. The van der Waals surface area contributed by atoms with Gasteiger partial charge in [0.15, 0.2) is 0 Å². The largest absolute Gasteiger partial charge is 0.493 e. The molecule has 0 radical (unpaired) electrons. The number of amides is 1. The van der Waals surface area contributed by atoms with Gasteiger partial charge in [0.1, 0.15) is 11.4 Å². The van der Waals surface area contributed by atoms with Crippen LogP contribution in [0.4, 0.5) is 5.95 Å². The second-order valence-corrected chi connectivity index (χ2v) is 4.56. The second kappa shape index (κ2) is 6.69. The Hall–Kier alpha value is -2.63. The molecule has 0 saturated carbocycles. The van der Waals surface area contributed by atoms with Crippen LogP contribution in [0, 0.1) is 0 Å². The standard InChI is InChI=1S/C15H18N4O2/c1-2-3-8-21-13-7-5-4-6-10(13)11-9-12(14(16)20)19-15(17)18-11/h4-7,9H,2-3,8H2,1H3,(H2,16,20)(H2,17,18,19). The summed E-state index contributed by atoms with van der Waals surface area (Å²) in [5.74, 6) is 0.0545. The number of nitrogen functional groups attached to an aromatic ring is 1. The maximum atomic E-state index is 11.3. The highest BCUT2D eigenvalue weighted by Crippen LogP contribution is 2.29. The van der Waals surface area contributed by atoms with Gasteiger partial charge in [0.05, 0.1) is 12.3 Å². The number of nitrogens with zero attached hydrogens (tertiary/aromatic N) is 2. The number of primary amides is 1. The summed E-state index contributed by atoms with van der Waals surface area (Å²) >= 11 is 0. The highest BCUT2D eigenvalue weighted by atomic mass is 16.5. The molecule has 0 spiro atoms. The Morgan fingerprint density at radius 3 is 2.76 bits per heavy atom. The number of aromatic nitrogens is 2. The van der Waals surface area contributed by atoms with Crippen LogP contribution in [-0.4, -0.2) is 22.5 Å². The number of hydrogen-bond acceptors (Lipinski definition) is 5. The predicted molar refractivity (Wildman–Crippen MR) is 80.8 cm³/mol. The lowest BCUT2D eigenvalue weighted by atomic mass is 10.1. The summed E-state index contributed by atoms with van der Waals surface area (Å²) in [6.07, 6.45) is 2.02. The molecule has 6 nitrogen and oxygen atoms in total. The van der Waals surface area contributed by atoms with E-state index in [0.717, 1.165) is 18.4 Å². The zero-order valence-corrected chi connectivity index (χ0v) is 11.9. The van der Waals surface area contributed by atoms with Crippen LogP contribution < -0.4 is 16.2 Å². The number of unbranched alkanes of at least 4 members (excludes halogenated alkanes) is 1. The Morgan fingerprint density at radius 1 is 1.29 bits per heavy atom. The molecule has 110 valence electrons. The lowest BCUT2D eigenvalue weighted by Gasteiger charge is -2.11. The quantitative estimate of drug-likeness (QED) is 0.790. The van der Waals surface area contributed by atoms with Crippen LogP contribution in [0.1, 0.15) is 30.3 Å². The zero-order chi connectivity index (χ0) is 15.2. The van der Waals surface area contributed by atoms with Crippen LogP contribution in [0.3, 0.4) is 0 Å². The van der Waals surface area contributed by atoms with Crippen molar-refractivity contribution in [2.24, 2.45) is 5.73 Å². The van der Waals surface area contributed by atoms with Crippen LogP contribution >= 0.6 is 0 Å². The van der Waals surface area contributed by atoms with E-state index >= 15 is 0 Å². The third-order valence-electron chi connectivity index (χ3n) is 2.91. The molecule has 4 N–H and O–H groups in total. The first-order valence-electron chi connectivity index (χ1n) is 6.78. The molecule has 1 amide bonds. The monoisotopic (exact) mass is 286 g/mol. The van der Waals surface area contributed by atoms with Crippen molar-refractivity contribution < 1.29 is 9.53 Å². The van der Waals surface area contributed by atoms with E-state index in [2.05, 4.69) is 16.9 Å². The first kappa shape index (κ1) is 14.8. The van der Waals surface area contributed by atoms with Crippen molar-refractivity contribution in [1.29, 1.82) is 0 Å². The van der Waals surface area contributed by atoms with E-state index < -0.39 is 5.91 Å². The summed E-state index contributed by atoms with van der Waals surface area (Å²) in [6.45, 7) is 2.72. The molecule has 21 heavy (non-hydrogen) atoms. The van der Waals surface area contributed by atoms with Crippen LogP contribution in [0.25, 0.3) is 11.3 Å². The van der Waals surface area contributed by atoms with Gasteiger partial charge in [0.25, 0.3) is 5.91 Å². The first-order chi connectivity index (χ1) is 10.1. The highest BCUT2D eigenvalue weighted by molar-refractivity contribution is 5.92. The number of carbonyl (C=O) groups is 1. The minimum Gasteiger partial charge on any atom is -0.493 e. The van der Waals surface area contributed by atoms with Crippen molar-refractivity contribution >= 4 is 11.9 Å². The van der Waals surface area contributed by atoms with Gasteiger partial charge in [0.2, 0.25) is 5.95 Å². The van der Waals surface area contributed by atoms with Crippen molar-refractivity contribution in [3.05, 3.63) is 36.0 Å². The minimum absolute atomic E-state index is 0.00432. The van der Waals surface area contributed by atoms with Gasteiger partial charge in [-0.15, -0.1) is 0 Å². The Morgan fingerprint density at radius 2 is 2.05 bits per heavy atom. The van der Waals surface area contributed by atoms with Crippen molar-refractivity contribution in [2.45, 2.75) is 19.8 Å². The molecule has 0 atom stereocenters. The molecule has 1 heterocycles. The van der Waals surface area contributed by atoms with Crippen molar-refractivity contribution in [1.82, 2.24) is 9.97 Å². The summed E-state index contributed by atoms with van der Waals surface area (Å²) in [5, 5.41) is 0. The fraction of sp³-hybridized carbons (Fsp3) is 0.267. The maximum absolute atomic E-state index is 11.3. The lowest BCUT2D eigenvalue weighted by molar-refractivity contribution is 0.0995. The fourth-order valence-electron chi connectivity index (χ4n) is 1.86. The summed E-state index contributed by atoms with van der Waals surface area (Å²) < 4.78 is 5.75. The Kier molecular flexibility index (Phi) is 4.71. The van der Waals surface area contributed by atoms with E-state index in [1.807, 2.05) is 24.3 Å². The number of rotatable bonds is 6. The number of carbonyl (C=O) groups excluding carboxylic acids is 1. The molecule has 1 aromatic carbocycles. The molecule has 0 unspecified atom stereocenters. The van der Waals surface area contributed by atoms with Gasteiger partial charge >= 0.3 is 0 Å². The molecule has 0 fully saturated rings. The van der Waals surface area contributed by atoms with Gasteiger partial charge in [-0.3, -0.25) is 4.79 Å². The molecule has 0 aliphatic carbocycles. The molecule has 0 aliphatic heterocycles. The molecular weight excluding hydrogens is 268 g/mol. The molecule has 2 aromatic rings. The summed E-state index contributed by atoms with van der Waals surface area (Å²) in [4.78, 5) is 19.2. The molecular formula is C15H18N4O2. The summed E-state index contributed by atoms with van der Waals surface area (Å²) in [7, 11) is 0. The van der Waals surface area contributed by atoms with Crippen LogP contribution in [-0.2, 0) is 0 Å². The van der Waals surface area contributed by atoms with E-state index in [1.54, 1.807) is 0 Å². The smallest absolute Gasteiger partial charge is 0.267 e. The number of benzene rings is 1. The number of nitrogens with two attached hydrogens (primary N) is 2. The summed E-state index contributed by atoms with van der Waals surface area (Å²) in [5.41, 5.74) is 12.2. The van der Waals surface area contributed by atoms with Gasteiger partial charge in [-0.1, -0.05) is 25.5 Å². The Balaban J connectivity index is 2.39. The number of para-hydroxylation sites is 1. The van der Waals surface area contributed by atoms with E-state index in [-0.39, 0.29) is 11.6 Å². The average molecular weight is 286 g/mol. The third-order valence-corrected chi connectivity index (χ3v) is 2.91. The molecule has 0 saturated heterocycles. The highest BCUT2D eigenvalue weighted by Gasteiger charge is 2.12. The predicted octanol–water partition coefficient (Wildman–Crippen LogP) is 2.00. The topological polar surface area (TPSA) is 104 Å². The van der Waals surface area contributed by atoms with Gasteiger partial charge < -0.3 is 16.2 Å². The Bertz CT molecular complexity index is 643. The van der Waals surface area contributed by atoms with Crippen molar-refractivity contribution in [2.75, 3.05) is 12.3 Å². The zero-order valence-electron chi connectivity index (χ0n) is 11.9. The number of ether oxygens (including phenoxy) is 1. The van der Waals surface area contributed by atoms with Crippen LogP contribution in [0.5, 0.6) is 5.75 Å². The fourth-order valence-corrected chi connectivity index (χ4v) is 1.86. The average Bonchev–Trinajstić information content (AvgIpc) is 2.47. The molecule has 2 rings (SSSR count). The minimum atomic E-state index is -0.644. The Labute approximate surface area is 123 Å². The number of anilines is 1. The molecule has 0 bridgehead atoms. The molecule has 1 aromatic heterocycles. The van der Waals surface area contributed by atoms with Crippen molar-refractivity contribution in [3.8, 4) is 17.0 Å². The normalized spacial score (nSPS) is 10.3. The first-order valence-corrected chi connectivity index (χ1v) is 6.78. The van der Waals surface area contributed by atoms with Gasteiger partial charge in [-0.05, 0) is 24.6 Å². The van der Waals surface area contributed by atoms with Crippen LogP contribution in [0.2, 0.25) is 0 Å². The molecule has 6 heteroatoms. The maximum Gasteiger partial charge on any atom is 0.267 e.